The predicted octanol–water partition coefficient (Wildman–Crippen LogP) is 2.93. The Morgan fingerprint density at radius 3 is 2.48 bits per heavy atom. The van der Waals surface area contributed by atoms with Crippen molar-refractivity contribution in [3.63, 3.8) is 0 Å². The fourth-order valence-electron chi connectivity index (χ4n) is 3.34. The maximum atomic E-state index is 12.6. The van der Waals surface area contributed by atoms with Gasteiger partial charge in [-0.15, -0.1) is 0 Å². The van der Waals surface area contributed by atoms with Crippen molar-refractivity contribution in [2.75, 3.05) is 32.7 Å². The highest BCUT2D eigenvalue weighted by Crippen LogP contribution is 2.16. The first-order valence-electron chi connectivity index (χ1n) is 9.55. The highest BCUT2D eigenvalue weighted by Gasteiger charge is 2.23. The molecule has 5 heteroatoms. The molecule has 1 aromatic carbocycles. The molecule has 5 nitrogen and oxygen atoms in total. The number of aliphatic hydroxyl groups is 1. The first kappa shape index (κ1) is 19.7. The van der Waals surface area contributed by atoms with Gasteiger partial charge in [0.2, 0.25) is 0 Å². The van der Waals surface area contributed by atoms with Crippen LogP contribution in [0.1, 0.15) is 50.3 Å². The highest BCUT2D eigenvalue weighted by atomic mass is 16.3. The molecule has 25 heavy (non-hydrogen) atoms. The summed E-state index contributed by atoms with van der Waals surface area (Å²) in [5, 5.41) is 13.6. The molecule has 1 aliphatic rings. The lowest BCUT2D eigenvalue weighted by atomic mass is 10.0. The van der Waals surface area contributed by atoms with E-state index >= 15 is 0 Å². The van der Waals surface area contributed by atoms with E-state index in [1.54, 1.807) is 4.90 Å². The normalized spacial score (nSPS) is 17.3. The van der Waals surface area contributed by atoms with Crippen LogP contribution in [0, 0.1) is 6.92 Å². The molecule has 1 heterocycles. The number of urea groups is 1. The Morgan fingerprint density at radius 1 is 1.28 bits per heavy atom. The van der Waals surface area contributed by atoms with Gasteiger partial charge in [-0.05, 0) is 45.2 Å². The van der Waals surface area contributed by atoms with Gasteiger partial charge in [0.15, 0.2) is 0 Å². The molecule has 0 radical (unpaired) electrons. The van der Waals surface area contributed by atoms with E-state index < -0.39 is 6.10 Å². The average molecular weight is 348 g/mol. The van der Waals surface area contributed by atoms with Gasteiger partial charge >= 0.3 is 6.03 Å². The Kier molecular flexibility index (Phi) is 7.72. The topological polar surface area (TPSA) is 55.8 Å². The zero-order chi connectivity index (χ0) is 18.2. The number of benzene rings is 1. The molecule has 0 bridgehead atoms. The number of carbonyl (C=O) groups is 1. The summed E-state index contributed by atoms with van der Waals surface area (Å²) < 4.78 is 0. The molecule has 1 fully saturated rings. The van der Waals surface area contributed by atoms with Crippen LogP contribution in [-0.2, 0) is 0 Å². The Labute approximate surface area is 152 Å². The second-order valence-corrected chi connectivity index (χ2v) is 7.03. The van der Waals surface area contributed by atoms with E-state index in [-0.39, 0.29) is 12.1 Å². The van der Waals surface area contributed by atoms with Crippen molar-refractivity contribution in [3.8, 4) is 0 Å². The number of nitrogens with one attached hydrogen (secondary N) is 1. The number of rotatable bonds is 7. The third kappa shape index (κ3) is 6.01. The molecule has 0 aliphatic carbocycles. The van der Waals surface area contributed by atoms with E-state index in [0.29, 0.717) is 13.1 Å². The quantitative estimate of drug-likeness (QED) is 0.797. The van der Waals surface area contributed by atoms with Gasteiger partial charge in [-0.2, -0.15) is 0 Å². The third-order valence-electron chi connectivity index (χ3n) is 4.98. The standard InChI is InChI=1S/C20H33N3O2/c1-4-12-22-13-10-18(11-14-22)21-20(25)23(5-2)15-19(24)17-8-6-16(3)7-9-17/h6-9,18-19,24H,4-5,10-15H2,1-3H3,(H,21,25). The van der Waals surface area contributed by atoms with Crippen LogP contribution in [0.15, 0.2) is 24.3 Å². The van der Waals surface area contributed by atoms with Gasteiger partial charge < -0.3 is 20.2 Å². The van der Waals surface area contributed by atoms with Crippen molar-refractivity contribution < 1.29 is 9.90 Å². The summed E-state index contributed by atoms with van der Waals surface area (Å²) in [7, 11) is 0. The van der Waals surface area contributed by atoms with E-state index in [2.05, 4.69) is 17.1 Å². The van der Waals surface area contributed by atoms with Gasteiger partial charge in [-0.1, -0.05) is 36.8 Å². The zero-order valence-corrected chi connectivity index (χ0v) is 15.9. The monoisotopic (exact) mass is 347 g/mol. The summed E-state index contributed by atoms with van der Waals surface area (Å²) in [5.74, 6) is 0. The largest absolute Gasteiger partial charge is 0.387 e. The van der Waals surface area contributed by atoms with Crippen LogP contribution in [0.25, 0.3) is 0 Å². The molecular weight excluding hydrogens is 314 g/mol. The molecule has 2 amide bonds. The van der Waals surface area contributed by atoms with Crippen LogP contribution in [0.3, 0.4) is 0 Å². The summed E-state index contributed by atoms with van der Waals surface area (Å²) >= 11 is 0. The van der Waals surface area contributed by atoms with Crippen LogP contribution in [0.5, 0.6) is 0 Å². The zero-order valence-electron chi connectivity index (χ0n) is 15.9. The number of aryl methyl sites for hydroxylation is 1. The van der Waals surface area contributed by atoms with Gasteiger partial charge in [-0.3, -0.25) is 0 Å². The number of hydrogen-bond acceptors (Lipinski definition) is 3. The number of nitrogens with zero attached hydrogens (tertiary/aromatic N) is 2. The van der Waals surface area contributed by atoms with Crippen LogP contribution in [0.2, 0.25) is 0 Å². The second-order valence-electron chi connectivity index (χ2n) is 7.03. The van der Waals surface area contributed by atoms with Crippen LogP contribution < -0.4 is 5.32 Å². The molecule has 1 atom stereocenters. The highest BCUT2D eigenvalue weighted by molar-refractivity contribution is 5.74. The fraction of sp³-hybridized carbons (Fsp3) is 0.650. The molecule has 1 saturated heterocycles. The van der Waals surface area contributed by atoms with Crippen LogP contribution in [0.4, 0.5) is 4.79 Å². The summed E-state index contributed by atoms with van der Waals surface area (Å²) in [6, 6.07) is 8.00. The van der Waals surface area contributed by atoms with Gasteiger partial charge in [0, 0.05) is 25.7 Å². The van der Waals surface area contributed by atoms with Gasteiger partial charge in [0.25, 0.3) is 0 Å². The molecule has 1 unspecified atom stereocenters. The van der Waals surface area contributed by atoms with E-state index in [4.69, 9.17) is 0 Å². The molecule has 1 aliphatic heterocycles. The van der Waals surface area contributed by atoms with E-state index in [0.717, 1.165) is 43.6 Å². The minimum absolute atomic E-state index is 0.0670. The second kappa shape index (κ2) is 9.78. The minimum atomic E-state index is -0.655. The lowest BCUT2D eigenvalue weighted by Gasteiger charge is -2.33. The Morgan fingerprint density at radius 2 is 1.92 bits per heavy atom. The summed E-state index contributed by atoms with van der Waals surface area (Å²) in [6.07, 6.45) is 2.53. The van der Waals surface area contributed by atoms with E-state index in [9.17, 15) is 9.90 Å². The molecule has 140 valence electrons. The number of likely N-dealkylation sites (N-methyl/N-ethyl adjacent to an activating group) is 1. The minimum Gasteiger partial charge on any atom is -0.387 e. The lowest BCUT2D eigenvalue weighted by molar-refractivity contribution is 0.119. The first-order valence-corrected chi connectivity index (χ1v) is 9.55. The molecule has 2 rings (SSSR count). The third-order valence-corrected chi connectivity index (χ3v) is 4.98. The van der Waals surface area contributed by atoms with E-state index in [1.807, 2.05) is 38.1 Å². The van der Waals surface area contributed by atoms with Gasteiger partial charge in [0.1, 0.15) is 0 Å². The number of likely N-dealkylation sites (tertiary alicyclic amines) is 1. The van der Waals surface area contributed by atoms with Crippen molar-refractivity contribution in [2.45, 2.75) is 52.2 Å². The number of hydrogen-bond donors (Lipinski definition) is 2. The van der Waals surface area contributed by atoms with Crippen molar-refractivity contribution in [2.24, 2.45) is 0 Å². The molecule has 1 aromatic rings. The summed E-state index contributed by atoms with van der Waals surface area (Å²) in [6.45, 7) is 10.3. The van der Waals surface area contributed by atoms with Gasteiger partial charge in [0.05, 0.1) is 12.6 Å². The smallest absolute Gasteiger partial charge is 0.317 e. The van der Waals surface area contributed by atoms with E-state index in [1.165, 1.54) is 6.42 Å². The first-order chi connectivity index (χ1) is 12.0. The molecular formula is C20H33N3O2. The average Bonchev–Trinajstić information content (AvgIpc) is 2.62. The molecule has 2 N–H and O–H groups in total. The number of aliphatic hydroxyl groups excluding tert-OH is 1. The Bertz CT molecular complexity index is 524. The van der Waals surface area contributed by atoms with Crippen LogP contribution in [-0.4, -0.2) is 59.7 Å². The molecule has 0 saturated carbocycles. The molecule has 0 aromatic heterocycles. The summed E-state index contributed by atoms with van der Waals surface area (Å²) in [5.41, 5.74) is 2.01. The van der Waals surface area contributed by atoms with Crippen LogP contribution >= 0.6 is 0 Å². The number of piperidine rings is 1. The van der Waals surface area contributed by atoms with Gasteiger partial charge in [-0.25, -0.2) is 4.79 Å². The van der Waals surface area contributed by atoms with Crippen molar-refractivity contribution in [1.82, 2.24) is 15.1 Å². The van der Waals surface area contributed by atoms with Crippen molar-refractivity contribution >= 4 is 6.03 Å². The molecule has 0 spiro atoms. The van der Waals surface area contributed by atoms with Crippen molar-refractivity contribution in [1.29, 1.82) is 0 Å². The maximum absolute atomic E-state index is 12.6. The summed E-state index contributed by atoms with van der Waals surface area (Å²) in [4.78, 5) is 16.7. The number of amides is 2. The van der Waals surface area contributed by atoms with Crippen molar-refractivity contribution in [3.05, 3.63) is 35.4 Å². The Balaban J connectivity index is 1.83. The predicted molar refractivity (Wildman–Crippen MR) is 102 cm³/mol. The number of carbonyl (C=O) groups excluding carboxylic acids is 1. The maximum Gasteiger partial charge on any atom is 0.317 e. The SMILES string of the molecule is CCCN1CCC(NC(=O)N(CC)CC(O)c2ccc(C)cc2)CC1. The Hall–Kier alpha value is -1.59. The lowest BCUT2D eigenvalue weighted by Crippen LogP contribution is -2.50. The fourth-order valence-corrected chi connectivity index (χ4v) is 3.34.